The van der Waals surface area contributed by atoms with Crippen molar-refractivity contribution >= 4 is 0 Å². The van der Waals surface area contributed by atoms with E-state index in [9.17, 15) is 0 Å². The molecule has 1 atom stereocenters. The van der Waals surface area contributed by atoms with Crippen molar-refractivity contribution in [3.8, 4) is 0 Å². The fourth-order valence-electron chi connectivity index (χ4n) is 2.35. The monoisotopic (exact) mass is 263 g/mol. The molecule has 0 spiro atoms. The van der Waals surface area contributed by atoms with Crippen molar-refractivity contribution in [1.29, 1.82) is 0 Å². The molecule has 2 rings (SSSR count). The Morgan fingerprint density at radius 3 is 3.05 bits per heavy atom. The second-order valence-electron chi connectivity index (χ2n) is 5.53. The molecule has 1 aromatic rings. The van der Waals surface area contributed by atoms with E-state index < -0.39 is 0 Å². The van der Waals surface area contributed by atoms with Crippen molar-refractivity contribution in [3.05, 3.63) is 29.6 Å². The van der Waals surface area contributed by atoms with Crippen molar-refractivity contribution in [2.45, 2.75) is 39.4 Å². The van der Waals surface area contributed by atoms with Gasteiger partial charge in [0.2, 0.25) is 0 Å². The summed E-state index contributed by atoms with van der Waals surface area (Å²) in [5, 5.41) is 3.50. The zero-order chi connectivity index (χ0) is 13.7. The maximum atomic E-state index is 5.60. The van der Waals surface area contributed by atoms with Crippen molar-refractivity contribution in [3.63, 3.8) is 0 Å². The summed E-state index contributed by atoms with van der Waals surface area (Å²) in [6, 6.07) is 7.19. The smallest absolute Gasteiger partial charge is 0.0635 e. The van der Waals surface area contributed by atoms with Gasteiger partial charge in [-0.05, 0) is 19.1 Å². The molecule has 1 aliphatic heterocycles. The van der Waals surface area contributed by atoms with Crippen LogP contribution in [0.4, 0.5) is 0 Å². The average molecular weight is 263 g/mol. The molecule has 1 aliphatic rings. The highest BCUT2D eigenvalue weighted by atomic mass is 16.5. The second kappa shape index (κ2) is 6.98. The molecule has 0 aromatic carbocycles. The van der Waals surface area contributed by atoms with Gasteiger partial charge in [0.25, 0.3) is 0 Å². The van der Waals surface area contributed by atoms with Crippen LogP contribution >= 0.6 is 0 Å². The average Bonchev–Trinajstić information content (AvgIpc) is 2.38. The molecule has 0 radical (unpaired) electrons. The van der Waals surface area contributed by atoms with Gasteiger partial charge in [-0.25, -0.2) is 0 Å². The third-order valence-corrected chi connectivity index (χ3v) is 3.42. The summed E-state index contributed by atoms with van der Waals surface area (Å²) in [4.78, 5) is 7.07. The summed E-state index contributed by atoms with van der Waals surface area (Å²) in [7, 11) is 0. The first-order valence-electron chi connectivity index (χ1n) is 7.13. The van der Waals surface area contributed by atoms with E-state index in [4.69, 9.17) is 4.74 Å². The molecule has 1 saturated heterocycles. The van der Waals surface area contributed by atoms with Crippen molar-refractivity contribution in [2.75, 3.05) is 26.3 Å². The first-order valence-corrected chi connectivity index (χ1v) is 7.13. The fraction of sp³-hybridized carbons (Fsp3) is 0.667. The maximum Gasteiger partial charge on any atom is 0.0635 e. The Morgan fingerprint density at radius 1 is 1.47 bits per heavy atom. The molecule has 19 heavy (non-hydrogen) atoms. The van der Waals surface area contributed by atoms with Crippen LogP contribution in [0.3, 0.4) is 0 Å². The Labute approximate surface area is 116 Å². The van der Waals surface area contributed by atoms with Crippen molar-refractivity contribution in [2.24, 2.45) is 0 Å². The van der Waals surface area contributed by atoms with Gasteiger partial charge in [-0.3, -0.25) is 9.88 Å². The molecule has 106 valence electrons. The van der Waals surface area contributed by atoms with Gasteiger partial charge in [0.15, 0.2) is 0 Å². The number of hydrogen-bond acceptors (Lipinski definition) is 4. The molecular weight excluding hydrogens is 238 g/mol. The zero-order valence-corrected chi connectivity index (χ0v) is 12.2. The van der Waals surface area contributed by atoms with Crippen LogP contribution in [0.15, 0.2) is 18.2 Å². The third kappa shape index (κ3) is 4.56. The second-order valence-corrected chi connectivity index (χ2v) is 5.53. The van der Waals surface area contributed by atoms with E-state index in [0.717, 1.165) is 44.2 Å². The van der Waals surface area contributed by atoms with Gasteiger partial charge in [-0.2, -0.15) is 0 Å². The Balaban J connectivity index is 1.95. The van der Waals surface area contributed by atoms with Crippen LogP contribution in [-0.4, -0.2) is 48.3 Å². The number of aromatic nitrogens is 1. The van der Waals surface area contributed by atoms with Gasteiger partial charge in [0.05, 0.1) is 18.9 Å². The maximum absolute atomic E-state index is 5.60. The van der Waals surface area contributed by atoms with Gasteiger partial charge in [-0.15, -0.1) is 0 Å². The largest absolute Gasteiger partial charge is 0.378 e. The molecule has 2 heterocycles. The number of nitrogens with zero attached hydrogens (tertiary/aromatic N) is 2. The highest BCUT2D eigenvalue weighted by Gasteiger charge is 2.23. The highest BCUT2D eigenvalue weighted by Crippen LogP contribution is 2.11. The summed E-state index contributed by atoms with van der Waals surface area (Å²) in [5.74, 6) is 0. The van der Waals surface area contributed by atoms with Crippen molar-refractivity contribution < 1.29 is 4.74 Å². The van der Waals surface area contributed by atoms with Crippen molar-refractivity contribution in [1.82, 2.24) is 15.2 Å². The number of ether oxygens (including phenoxy) is 1. The van der Waals surface area contributed by atoms with E-state index in [-0.39, 0.29) is 0 Å². The lowest BCUT2D eigenvalue weighted by Gasteiger charge is -2.36. The minimum atomic E-state index is 0.443. The van der Waals surface area contributed by atoms with Gasteiger partial charge in [0, 0.05) is 37.4 Å². The van der Waals surface area contributed by atoms with Crippen LogP contribution in [0.25, 0.3) is 0 Å². The van der Waals surface area contributed by atoms with Gasteiger partial charge in [-0.1, -0.05) is 19.9 Å². The van der Waals surface area contributed by atoms with Crippen LogP contribution < -0.4 is 5.32 Å². The molecule has 0 saturated carbocycles. The van der Waals surface area contributed by atoms with E-state index in [1.165, 1.54) is 0 Å². The molecule has 1 aromatic heterocycles. The summed E-state index contributed by atoms with van der Waals surface area (Å²) in [6.45, 7) is 10.9. The Morgan fingerprint density at radius 2 is 2.32 bits per heavy atom. The van der Waals surface area contributed by atoms with Crippen LogP contribution in [-0.2, 0) is 11.3 Å². The molecule has 0 aliphatic carbocycles. The Hall–Kier alpha value is -0.970. The molecule has 0 bridgehead atoms. The minimum absolute atomic E-state index is 0.443. The molecule has 1 unspecified atom stereocenters. The number of hydrogen-bond donors (Lipinski definition) is 1. The van der Waals surface area contributed by atoms with Gasteiger partial charge in [0.1, 0.15) is 0 Å². The predicted octanol–water partition coefficient (Wildman–Crippen LogP) is 1.59. The Kier molecular flexibility index (Phi) is 5.31. The number of morpholine rings is 1. The van der Waals surface area contributed by atoms with E-state index in [1.807, 2.05) is 13.0 Å². The topological polar surface area (TPSA) is 37.4 Å². The van der Waals surface area contributed by atoms with Crippen LogP contribution in [0.5, 0.6) is 0 Å². The lowest BCUT2D eigenvalue weighted by Crippen LogP contribution is -2.50. The van der Waals surface area contributed by atoms with E-state index in [1.54, 1.807) is 0 Å². The molecular formula is C15H25N3O. The molecule has 4 nitrogen and oxygen atoms in total. The van der Waals surface area contributed by atoms with Gasteiger partial charge >= 0.3 is 0 Å². The van der Waals surface area contributed by atoms with Crippen LogP contribution in [0.2, 0.25) is 0 Å². The standard InChI is InChI=1S/C15H25N3O/c1-12(2)16-9-15-11-19-8-7-18(15)10-14-6-4-5-13(3)17-14/h4-6,12,15-16H,7-11H2,1-3H3. The predicted molar refractivity (Wildman–Crippen MR) is 77.1 cm³/mol. The number of rotatable bonds is 5. The molecule has 4 heteroatoms. The van der Waals surface area contributed by atoms with E-state index in [0.29, 0.717) is 12.1 Å². The number of pyridine rings is 1. The first kappa shape index (κ1) is 14.4. The molecule has 1 N–H and O–H groups in total. The summed E-state index contributed by atoms with van der Waals surface area (Å²) in [6.07, 6.45) is 0. The quantitative estimate of drug-likeness (QED) is 0.875. The summed E-state index contributed by atoms with van der Waals surface area (Å²) in [5.41, 5.74) is 2.24. The third-order valence-electron chi connectivity index (χ3n) is 3.42. The minimum Gasteiger partial charge on any atom is -0.378 e. The molecule has 1 fully saturated rings. The van der Waals surface area contributed by atoms with Gasteiger partial charge < -0.3 is 10.1 Å². The van der Waals surface area contributed by atoms with Crippen LogP contribution in [0.1, 0.15) is 25.2 Å². The van der Waals surface area contributed by atoms with E-state index >= 15 is 0 Å². The molecule has 0 amide bonds. The van der Waals surface area contributed by atoms with E-state index in [2.05, 4.69) is 41.2 Å². The Bertz CT molecular complexity index is 395. The normalized spacial score (nSPS) is 20.9. The summed E-state index contributed by atoms with van der Waals surface area (Å²) < 4.78 is 5.60. The summed E-state index contributed by atoms with van der Waals surface area (Å²) >= 11 is 0. The highest BCUT2D eigenvalue weighted by molar-refractivity contribution is 5.10. The SMILES string of the molecule is Cc1cccc(CN2CCOCC2CNC(C)C)n1. The number of nitrogens with one attached hydrogen (secondary N) is 1. The van der Waals surface area contributed by atoms with Crippen LogP contribution in [0, 0.1) is 6.92 Å². The lowest BCUT2D eigenvalue weighted by molar-refractivity contribution is -0.0120. The fourth-order valence-corrected chi connectivity index (χ4v) is 2.35. The number of aryl methyl sites for hydroxylation is 1. The first-order chi connectivity index (χ1) is 9.15. The lowest BCUT2D eigenvalue weighted by atomic mass is 10.2. The zero-order valence-electron chi connectivity index (χ0n) is 12.2.